The molecule has 1 saturated carbocycles. The van der Waals surface area contributed by atoms with Crippen molar-refractivity contribution in [1.82, 2.24) is 0 Å². The first-order valence-corrected chi connectivity index (χ1v) is 26.5. The van der Waals surface area contributed by atoms with Gasteiger partial charge in [-0.05, 0) is 89.9 Å². The van der Waals surface area contributed by atoms with Gasteiger partial charge in [0.2, 0.25) is 0 Å². The number of aliphatic hydroxyl groups is 6. The number of carbonyl (C=O) groups is 2. The van der Waals surface area contributed by atoms with Crippen LogP contribution in [0.1, 0.15) is 168 Å². The molecule has 0 heterocycles. The van der Waals surface area contributed by atoms with Crippen molar-refractivity contribution in [3.8, 4) is 0 Å². The molecule has 0 radical (unpaired) electrons. The fourth-order valence-electron chi connectivity index (χ4n) is 7.01. The summed E-state index contributed by atoms with van der Waals surface area (Å²) in [5.74, 6) is -1.21. The predicted molar refractivity (Wildman–Crippen MR) is 264 cm³/mol. The van der Waals surface area contributed by atoms with Crippen LogP contribution in [0.4, 0.5) is 0 Å². The molecular weight excluding hydrogens is 880 g/mol. The van der Waals surface area contributed by atoms with Gasteiger partial charge in [0.15, 0.2) is 6.10 Å². The number of unbranched alkanes of at least 4 members (excludes halogenated alkanes) is 11. The number of ether oxygens (including phenoxy) is 2. The van der Waals surface area contributed by atoms with E-state index in [0.717, 1.165) is 89.9 Å². The lowest BCUT2D eigenvalue weighted by Gasteiger charge is -2.41. The van der Waals surface area contributed by atoms with Crippen molar-refractivity contribution < 1.29 is 68.2 Å². The molecule has 4 unspecified atom stereocenters. The summed E-state index contributed by atoms with van der Waals surface area (Å²) in [5.41, 5.74) is 0. The molecule has 0 aromatic heterocycles. The van der Waals surface area contributed by atoms with Gasteiger partial charge in [0.25, 0.3) is 0 Å². The Kier molecular flexibility index (Phi) is 37.8. The van der Waals surface area contributed by atoms with Gasteiger partial charge >= 0.3 is 19.8 Å². The molecule has 67 heavy (non-hydrogen) atoms. The summed E-state index contributed by atoms with van der Waals surface area (Å²) in [6.07, 6.45) is 36.9. The summed E-state index contributed by atoms with van der Waals surface area (Å²) < 4.78 is 33.5. The van der Waals surface area contributed by atoms with E-state index in [4.69, 9.17) is 18.5 Å². The average molecular weight is 967 g/mol. The van der Waals surface area contributed by atoms with E-state index >= 15 is 0 Å². The van der Waals surface area contributed by atoms with Gasteiger partial charge in [0.05, 0.1) is 12.7 Å². The Morgan fingerprint density at radius 2 is 0.955 bits per heavy atom. The Morgan fingerprint density at radius 3 is 1.48 bits per heavy atom. The van der Waals surface area contributed by atoms with Crippen LogP contribution in [-0.2, 0) is 32.7 Å². The van der Waals surface area contributed by atoms with Crippen molar-refractivity contribution in [2.45, 2.75) is 217 Å². The van der Waals surface area contributed by atoms with Crippen LogP contribution in [0.5, 0.6) is 0 Å². The van der Waals surface area contributed by atoms with Crippen LogP contribution in [0.2, 0.25) is 0 Å². The third-order valence-electron chi connectivity index (χ3n) is 11.0. The molecule has 0 aliphatic heterocycles. The minimum Gasteiger partial charge on any atom is -0.462 e. The Labute approximate surface area is 401 Å². The fraction of sp³-hybridized carbons (Fsp3) is 0.692. The van der Waals surface area contributed by atoms with Crippen LogP contribution >= 0.6 is 7.82 Å². The van der Waals surface area contributed by atoms with Crippen LogP contribution in [0, 0.1) is 0 Å². The average Bonchev–Trinajstić information content (AvgIpc) is 3.30. The summed E-state index contributed by atoms with van der Waals surface area (Å²) in [5, 5.41) is 60.0. The van der Waals surface area contributed by atoms with Crippen molar-refractivity contribution in [3.05, 3.63) is 85.1 Å². The Morgan fingerprint density at radius 1 is 0.522 bits per heavy atom. The first-order chi connectivity index (χ1) is 32.3. The molecule has 0 saturated heterocycles. The number of allylic oxidation sites excluding steroid dienone is 13. The zero-order chi connectivity index (χ0) is 49.4. The molecule has 14 nitrogen and oxygen atoms in total. The van der Waals surface area contributed by atoms with Gasteiger partial charge in [0.1, 0.15) is 43.2 Å². The molecule has 0 aromatic rings. The van der Waals surface area contributed by atoms with Crippen molar-refractivity contribution in [3.63, 3.8) is 0 Å². The highest BCUT2D eigenvalue weighted by Gasteiger charge is 2.51. The number of phosphoric acid groups is 1. The second kappa shape index (κ2) is 40.8. The Bertz CT molecular complexity index is 1510. The molecule has 1 fully saturated rings. The SMILES string of the molecule is CCCCCC/C=C\C/C=C\C/C=C\CCCCCCCCC(=O)O[C@H](COC(=O)CCC/C=C\C/C=C\C/C=C\C/C=C\CC(O)CCC)COP(=O)(O)OC1[C@H](O)[C@H](O)C(O)[C@H](O)[C@H]1O. The number of carbonyl (C=O) groups excluding carboxylic acids is 2. The largest absolute Gasteiger partial charge is 0.472 e. The van der Waals surface area contributed by atoms with Gasteiger partial charge in [-0.1, -0.05) is 150 Å². The summed E-state index contributed by atoms with van der Waals surface area (Å²) >= 11 is 0. The summed E-state index contributed by atoms with van der Waals surface area (Å²) in [6, 6.07) is 0. The van der Waals surface area contributed by atoms with Crippen molar-refractivity contribution in [2.75, 3.05) is 13.2 Å². The number of aliphatic hydroxyl groups excluding tert-OH is 6. The molecule has 0 spiro atoms. The predicted octanol–water partition coefficient (Wildman–Crippen LogP) is 9.42. The van der Waals surface area contributed by atoms with Crippen LogP contribution in [0.3, 0.4) is 0 Å². The zero-order valence-corrected chi connectivity index (χ0v) is 41.4. The van der Waals surface area contributed by atoms with Crippen LogP contribution in [0.25, 0.3) is 0 Å². The second-order valence-corrected chi connectivity index (χ2v) is 18.5. The first-order valence-electron chi connectivity index (χ1n) is 25.0. The van der Waals surface area contributed by atoms with Crippen molar-refractivity contribution in [1.29, 1.82) is 0 Å². The van der Waals surface area contributed by atoms with Crippen molar-refractivity contribution in [2.24, 2.45) is 0 Å². The Balaban J connectivity index is 2.49. The van der Waals surface area contributed by atoms with E-state index in [9.17, 15) is 49.7 Å². The van der Waals surface area contributed by atoms with Crippen LogP contribution in [0.15, 0.2) is 85.1 Å². The van der Waals surface area contributed by atoms with Gasteiger partial charge in [-0.2, -0.15) is 0 Å². The maximum atomic E-state index is 12.8. The number of hydrogen-bond donors (Lipinski definition) is 7. The van der Waals surface area contributed by atoms with Crippen LogP contribution in [-0.4, -0.2) is 110 Å². The smallest absolute Gasteiger partial charge is 0.462 e. The maximum Gasteiger partial charge on any atom is 0.472 e. The van der Waals surface area contributed by atoms with E-state index in [1.807, 2.05) is 18.2 Å². The molecule has 7 N–H and O–H groups in total. The molecule has 0 bridgehead atoms. The minimum absolute atomic E-state index is 0.0584. The Hall–Kier alpha value is -3.01. The highest BCUT2D eigenvalue weighted by molar-refractivity contribution is 7.47. The van der Waals surface area contributed by atoms with Gasteiger partial charge in [-0.25, -0.2) is 4.57 Å². The number of esters is 2. The molecular formula is C52H87O14P. The number of rotatable bonds is 40. The summed E-state index contributed by atoms with van der Waals surface area (Å²) in [4.78, 5) is 35.8. The maximum absolute atomic E-state index is 12.8. The molecule has 0 amide bonds. The van der Waals surface area contributed by atoms with Gasteiger partial charge in [-0.3, -0.25) is 18.6 Å². The van der Waals surface area contributed by atoms with E-state index in [1.54, 1.807) is 0 Å². The van der Waals surface area contributed by atoms with E-state index in [-0.39, 0.29) is 18.9 Å². The lowest BCUT2D eigenvalue weighted by Crippen LogP contribution is -2.64. The number of phosphoric ester groups is 1. The second-order valence-electron chi connectivity index (χ2n) is 17.1. The third kappa shape index (κ3) is 33.2. The first kappa shape index (κ1) is 62.0. The summed E-state index contributed by atoms with van der Waals surface area (Å²) in [7, 11) is -5.15. The molecule has 1 aliphatic rings. The van der Waals surface area contributed by atoms with E-state index in [2.05, 4.69) is 80.7 Å². The third-order valence-corrected chi connectivity index (χ3v) is 12.0. The normalized spacial score (nSPS) is 22.3. The summed E-state index contributed by atoms with van der Waals surface area (Å²) in [6.45, 7) is 3.02. The fourth-order valence-corrected chi connectivity index (χ4v) is 7.98. The highest BCUT2D eigenvalue weighted by atomic mass is 31.2. The molecule has 9 atom stereocenters. The standard InChI is InChI=1S/C52H87O14P/c1-3-5-6-7-8-9-10-11-12-13-14-15-16-17-20-24-27-30-33-36-40-46(55)65-44(42-64-67(61,62)66-52-50(59)48(57)47(56)49(58)51(52)60)41-63-45(54)39-35-32-29-26-23-21-18-19-22-25-28-31-34-38-43(53)37-4-2/h9-10,12-13,15-16,18,21-22,25-26,29,31,34,43-44,47-53,56-60H,3-8,11,14,17,19-20,23-24,27-28,30,32-33,35-42H2,1-2H3,(H,61,62)/b10-9-,13-12-,16-15-,21-18-,25-22-,29-26-,34-31-/t43?,44-,47?,48-,49+,50-,51-,52?/m1/s1. The topological polar surface area (TPSA) is 230 Å². The van der Waals surface area contributed by atoms with E-state index in [1.165, 1.54) is 25.7 Å². The van der Waals surface area contributed by atoms with Crippen LogP contribution < -0.4 is 0 Å². The molecule has 1 rings (SSSR count). The van der Waals surface area contributed by atoms with E-state index < -0.39 is 75.7 Å². The quantitative estimate of drug-likeness (QED) is 0.0131. The van der Waals surface area contributed by atoms with Gasteiger partial charge in [0, 0.05) is 12.8 Å². The van der Waals surface area contributed by atoms with Crippen molar-refractivity contribution >= 4 is 19.8 Å². The number of hydrogen-bond acceptors (Lipinski definition) is 13. The zero-order valence-electron chi connectivity index (χ0n) is 40.5. The molecule has 0 aromatic carbocycles. The lowest BCUT2D eigenvalue weighted by molar-refractivity contribution is -0.220. The molecule has 384 valence electrons. The molecule has 15 heteroatoms. The molecule has 1 aliphatic carbocycles. The monoisotopic (exact) mass is 967 g/mol. The van der Waals surface area contributed by atoms with Gasteiger partial charge < -0.3 is 45.0 Å². The highest BCUT2D eigenvalue weighted by Crippen LogP contribution is 2.47. The lowest BCUT2D eigenvalue weighted by atomic mass is 9.85. The minimum atomic E-state index is -5.15. The van der Waals surface area contributed by atoms with Gasteiger partial charge in [-0.15, -0.1) is 0 Å². The van der Waals surface area contributed by atoms with E-state index in [0.29, 0.717) is 25.7 Å².